The highest BCUT2D eigenvalue weighted by molar-refractivity contribution is 6.12. The number of ether oxygens (including phenoxy) is 2. The van der Waals surface area contributed by atoms with Gasteiger partial charge in [0.05, 0.1) is 12.1 Å². The summed E-state index contributed by atoms with van der Waals surface area (Å²) in [4.78, 5) is 51.0. The van der Waals surface area contributed by atoms with E-state index in [1.54, 1.807) is 6.92 Å². The van der Waals surface area contributed by atoms with Crippen LogP contribution in [0.2, 0.25) is 0 Å². The van der Waals surface area contributed by atoms with Crippen molar-refractivity contribution in [3.8, 4) is 0 Å². The number of carbonyl (C=O) groups is 4. The summed E-state index contributed by atoms with van der Waals surface area (Å²) in [6.45, 7) is 3.52. The molecule has 8 N–H and O–H groups in total. The Hall–Kier alpha value is -3.34. The summed E-state index contributed by atoms with van der Waals surface area (Å²) in [5.74, 6) is -1.53. The van der Waals surface area contributed by atoms with E-state index in [1.165, 1.54) is 17.1 Å². The molecule has 3 heterocycles. The molecular formula is C26H43FN8O7. The number of nitrogens with zero attached hydrogens (tertiary/aromatic N) is 2. The molecular weight excluding hydrogens is 555 g/mol. The van der Waals surface area contributed by atoms with Crippen molar-refractivity contribution in [1.82, 2.24) is 31.1 Å². The Morgan fingerprint density at radius 1 is 1.26 bits per heavy atom. The minimum atomic E-state index is -1.13. The van der Waals surface area contributed by atoms with Crippen molar-refractivity contribution in [1.29, 1.82) is 5.41 Å². The molecule has 16 heteroatoms. The van der Waals surface area contributed by atoms with Crippen LogP contribution < -0.4 is 27.0 Å². The first-order valence-electron chi connectivity index (χ1n) is 14.3. The van der Waals surface area contributed by atoms with Gasteiger partial charge in [0.1, 0.15) is 24.8 Å². The number of rotatable bonds is 15. The van der Waals surface area contributed by atoms with E-state index in [0.29, 0.717) is 32.6 Å². The first-order valence-corrected chi connectivity index (χ1v) is 14.3. The van der Waals surface area contributed by atoms with Crippen LogP contribution in [-0.2, 0) is 19.1 Å². The second-order valence-corrected chi connectivity index (χ2v) is 10.7. The Morgan fingerprint density at radius 2 is 1.95 bits per heavy atom. The van der Waals surface area contributed by atoms with Crippen molar-refractivity contribution >= 4 is 29.8 Å². The molecule has 2 fully saturated rings. The predicted octanol–water partition coefficient (Wildman–Crippen LogP) is -1.38. The molecule has 236 valence electrons. The maximum atomic E-state index is 14.5. The second-order valence-electron chi connectivity index (χ2n) is 10.7. The van der Waals surface area contributed by atoms with Crippen molar-refractivity contribution < 1.29 is 38.1 Å². The molecule has 0 aromatic rings. The Bertz CT molecular complexity index is 978. The molecule has 0 aliphatic carbocycles. The third-order valence-corrected chi connectivity index (χ3v) is 7.45. The predicted molar refractivity (Wildman–Crippen MR) is 149 cm³/mol. The highest BCUT2D eigenvalue weighted by Gasteiger charge is 2.38. The largest absolute Gasteiger partial charge is 0.447 e. The number of imide groups is 1. The van der Waals surface area contributed by atoms with Crippen LogP contribution >= 0.6 is 0 Å². The van der Waals surface area contributed by atoms with Gasteiger partial charge in [-0.25, -0.2) is 14.0 Å². The topological polar surface area (TPSA) is 211 Å². The second kappa shape index (κ2) is 16.3. The first kappa shape index (κ1) is 33.2. The minimum absolute atomic E-state index is 0.0769. The fourth-order valence-corrected chi connectivity index (χ4v) is 5.16. The van der Waals surface area contributed by atoms with Gasteiger partial charge in [0.25, 0.3) is 11.8 Å². The van der Waals surface area contributed by atoms with Crippen LogP contribution in [0.1, 0.15) is 26.2 Å². The van der Waals surface area contributed by atoms with E-state index in [2.05, 4.69) is 21.3 Å². The van der Waals surface area contributed by atoms with Crippen LogP contribution in [0.3, 0.4) is 0 Å². The molecule has 3 aliphatic heterocycles. The Morgan fingerprint density at radius 3 is 2.57 bits per heavy atom. The highest BCUT2D eigenvalue weighted by atomic mass is 19.1. The number of halogens is 1. The quantitative estimate of drug-likeness (QED) is 0.0508. The summed E-state index contributed by atoms with van der Waals surface area (Å²) in [6, 6.07) is -1.85. The molecule has 0 bridgehead atoms. The van der Waals surface area contributed by atoms with Gasteiger partial charge in [-0.3, -0.25) is 25.2 Å². The van der Waals surface area contributed by atoms with Crippen LogP contribution in [-0.4, -0.2) is 128 Å². The first-order chi connectivity index (χ1) is 20.1. The molecule has 15 nitrogen and oxygen atoms in total. The standard InChI is InChI=1S/C26H43FN8O7/c1-16(15-42-26(40)32-7-4-20(36)31-8-9-34-21(37)2-3-22(34)38)33-25(39)35(14-18-12-30-13-19(18)27)23(24(28)29)17-5-10-41-11-6-17/h2-3,16-20,23,30-31,36H,4-15H2,1H3,(H3,28,29)(H,32,40)(H,33,39). The lowest BCUT2D eigenvalue weighted by atomic mass is 9.89. The highest BCUT2D eigenvalue weighted by Crippen LogP contribution is 2.25. The molecule has 3 rings (SSSR count). The minimum Gasteiger partial charge on any atom is -0.447 e. The maximum absolute atomic E-state index is 14.5. The van der Waals surface area contributed by atoms with E-state index in [1.807, 2.05) is 0 Å². The van der Waals surface area contributed by atoms with E-state index in [-0.39, 0.29) is 57.5 Å². The van der Waals surface area contributed by atoms with E-state index >= 15 is 0 Å². The maximum Gasteiger partial charge on any atom is 0.407 e. The molecule has 5 atom stereocenters. The number of nitrogens with one attached hydrogen (secondary N) is 5. The van der Waals surface area contributed by atoms with Gasteiger partial charge in [0.15, 0.2) is 0 Å². The molecule has 5 unspecified atom stereocenters. The van der Waals surface area contributed by atoms with Gasteiger partial charge in [0.2, 0.25) is 0 Å². The lowest BCUT2D eigenvalue weighted by molar-refractivity contribution is -0.136. The zero-order valence-corrected chi connectivity index (χ0v) is 23.9. The number of amidine groups is 1. The zero-order chi connectivity index (χ0) is 30.6. The summed E-state index contributed by atoms with van der Waals surface area (Å²) < 4.78 is 25.1. The molecule has 42 heavy (non-hydrogen) atoms. The van der Waals surface area contributed by atoms with E-state index in [9.17, 15) is 28.7 Å². The van der Waals surface area contributed by atoms with Gasteiger partial charge in [-0.15, -0.1) is 0 Å². The number of aliphatic hydroxyl groups is 1. The third-order valence-electron chi connectivity index (χ3n) is 7.45. The number of nitrogens with two attached hydrogens (primary N) is 1. The van der Waals surface area contributed by atoms with E-state index in [0.717, 1.165) is 4.90 Å². The van der Waals surface area contributed by atoms with E-state index < -0.39 is 54.3 Å². The molecule has 0 radical (unpaired) electrons. The Labute approximate surface area is 244 Å². The normalized spacial score (nSPS) is 23.0. The summed E-state index contributed by atoms with van der Waals surface area (Å²) in [6.07, 6.45) is 0.878. The van der Waals surface area contributed by atoms with Gasteiger partial charge in [-0.05, 0) is 25.7 Å². The van der Waals surface area contributed by atoms with Gasteiger partial charge >= 0.3 is 12.1 Å². The van der Waals surface area contributed by atoms with Crippen LogP contribution in [0.5, 0.6) is 0 Å². The molecule has 0 aromatic heterocycles. The van der Waals surface area contributed by atoms with E-state index in [4.69, 9.17) is 20.6 Å². The Kier molecular flexibility index (Phi) is 12.9. The number of alkyl halides is 1. The molecule has 0 spiro atoms. The number of carbonyl (C=O) groups excluding carboxylic acids is 4. The number of urea groups is 1. The van der Waals surface area contributed by atoms with Crippen LogP contribution in [0.15, 0.2) is 12.2 Å². The molecule has 0 aromatic carbocycles. The Balaban J connectivity index is 1.41. The molecule has 0 saturated carbocycles. The lowest BCUT2D eigenvalue weighted by Gasteiger charge is -2.39. The lowest BCUT2D eigenvalue weighted by Crippen LogP contribution is -2.58. The fraction of sp³-hybridized carbons (Fsp3) is 0.731. The van der Waals surface area contributed by atoms with Crippen molar-refractivity contribution in [2.45, 2.75) is 50.7 Å². The number of aliphatic hydroxyl groups excluding tert-OH is 1. The van der Waals surface area contributed by atoms with Crippen molar-refractivity contribution in [2.24, 2.45) is 17.6 Å². The van der Waals surface area contributed by atoms with Crippen molar-refractivity contribution in [3.63, 3.8) is 0 Å². The molecule has 2 saturated heterocycles. The number of alkyl carbamates (subject to hydrolysis) is 1. The van der Waals surface area contributed by atoms with Crippen LogP contribution in [0.25, 0.3) is 0 Å². The summed E-state index contributed by atoms with van der Waals surface area (Å²) in [5.41, 5.74) is 5.96. The van der Waals surface area contributed by atoms with Crippen LogP contribution in [0, 0.1) is 17.2 Å². The monoisotopic (exact) mass is 598 g/mol. The average Bonchev–Trinajstić information content (AvgIpc) is 3.51. The van der Waals surface area contributed by atoms with Crippen molar-refractivity contribution in [2.75, 3.05) is 59.1 Å². The van der Waals surface area contributed by atoms with Gasteiger partial charge < -0.3 is 41.2 Å². The SMILES string of the molecule is CC(COC(=O)NCCC(O)NCCN1C(=O)C=CC1=O)NC(=O)N(CC1CNCC1F)C(C(=N)N)C1CCOCC1. The summed E-state index contributed by atoms with van der Waals surface area (Å²) in [7, 11) is 0. The molecule has 3 aliphatic rings. The number of hydrogen-bond donors (Lipinski definition) is 7. The van der Waals surface area contributed by atoms with Gasteiger partial charge in [-0.2, -0.15) is 0 Å². The number of amides is 5. The number of hydrogen-bond acceptors (Lipinski definition) is 10. The van der Waals surface area contributed by atoms with Gasteiger partial charge in [-0.1, -0.05) is 0 Å². The molecule has 5 amide bonds. The summed E-state index contributed by atoms with van der Waals surface area (Å²) >= 11 is 0. The third kappa shape index (κ3) is 9.89. The fourth-order valence-electron chi connectivity index (χ4n) is 5.16. The average molecular weight is 599 g/mol. The smallest absolute Gasteiger partial charge is 0.407 e. The summed E-state index contributed by atoms with van der Waals surface area (Å²) in [5, 5.41) is 29.2. The zero-order valence-electron chi connectivity index (χ0n) is 23.9. The van der Waals surface area contributed by atoms with Crippen LogP contribution in [0.4, 0.5) is 14.0 Å². The van der Waals surface area contributed by atoms with Crippen molar-refractivity contribution in [3.05, 3.63) is 12.2 Å². The van der Waals surface area contributed by atoms with Gasteiger partial charge in [0, 0.05) is 77.0 Å².